The number of rotatable bonds is 4. The van der Waals surface area contributed by atoms with Gasteiger partial charge >= 0.3 is 6.36 Å². The molecule has 0 unspecified atom stereocenters. The van der Waals surface area contributed by atoms with Gasteiger partial charge in [-0.3, -0.25) is 4.79 Å². The van der Waals surface area contributed by atoms with Gasteiger partial charge in [0.2, 0.25) is 0 Å². The van der Waals surface area contributed by atoms with Crippen molar-refractivity contribution in [2.75, 3.05) is 12.8 Å². The zero-order valence-electron chi connectivity index (χ0n) is 12.0. The van der Waals surface area contributed by atoms with Gasteiger partial charge in [-0.25, -0.2) is 9.97 Å². The Kier molecular flexibility index (Phi) is 4.68. The second kappa shape index (κ2) is 6.51. The number of alkyl halides is 3. The fourth-order valence-electron chi connectivity index (χ4n) is 1.84. The molecule has 0 atom stereocenters. The molecule has 2 rings (SSSR count). The van der Waals surface area contributed by atoms with Crippen molar-refractivity contribution >= 4 is 11.7 Å². The van der Waals surface area contributed by atoms with Crippen LogP contribution in [0.2, 0.25) is 0 Å². The molecule has 0 aliphatic rings. The summed E-state index contributed by atoms with van der Waals surface area (Å²) in [6.07, 6.45) is -2.02. The van der Waals surface area contributed by atoms with Gasteiger partial charge in [0, 0.05) is 26.0 Å². The highest BCUT2D eigenvalue weighted by Gasteiger charge is 2.31. The molecule has 0 fully saturated rings. The van der Waals surface area contributed by atoms with E-state index in [2.05, 4.69) is 14.7 Å². The third-order valence-corrected chi connectivity index (χ3v) is 2.85. The third-order valence-electron chi connectivity index (χ3n) is 2.85. The monoisotopic (exact) mass is 326 g/mol. The van der Waals surface area contributed by atoms with E-state index in [1.807, 2.05) is 0 Å². The molecule has 1 heterocycles. The van der Waals surface area contributed by atoms with E-state index in [0.717, 1.165) is 0 Å². The van der Waals surface area contributed by atoms with Crippen molar-refractivity contribution < 1.29 is 22.7 Å². The van der Waals surface area contributed by atoms with Gasteiger partial charge in [0.15, 0.2) is 11.5 Å². The molecule has 2 aromatic rings. The van der Waals surface area contributed by atoms with Crippen molar-refractivity contribution in [3.05, 3.63) is 47.9 Å². The minimum atomic E-state index is -4.74. The van der Waals surface area contributed by atoms with Gasteiger partial charge in [0.1, 0.15) is 5.75 Å². The molecule has 0 spiro atoms. The van der Waals surface area contributed by atoms with E-state index < -0.39 is 12.3 Å². The zero-order chi connectivity index (χ0) is 17.0. The van der Waals surface area contributed by atoms with Crippen LogP contribution in [-0.2, 0) is 6.54 Å². The molecule has 1 amide bonds. The molecular weight excluding hydrogens is 313 g/mol. The summed E-state index contributed by atoms with van der Waals surface area (Å²) < 4.78 is 40.0. The summed E-state index contributed by atoms with van der Waals surface area (Å²) in [6, 6.07) is 5.23. The van der Waals surface area contributed by atoms with Crippen LogP contribution in [-0.4, -0.2) is 34.2 Å². The third kappa shape index (κ3) is 4.56. The van der Waals surface area contributed by atoms with Crippen LogP contribution < -0.4 is 10.5 Å². The van der Waals surface area contributed by atoms with Crippen LogP contribution >= 0.6 is 0 Å². The smallest absolute Gasteiger partial charge is 0.406 e. The Labute approximate surface area is 129 Å². The summed E-state index contributed by atoms with van der Waals surface area (Å²) in [6.45, 7) is 0.168. The van der Waals surface area contributed by atoms with E-state index in [1.54, 1.807) is 0 Å². The molecule has 0 aliphatic carbocycles. The second-order valence-corrected chi connectivity index (χ2v) is 4.64. The lowest BCUT2D eigenvalue weighted by molar-refractivity contribution is -0.274. The van der Waals surface area contributed by atoms with Gasteiger partial charge in [-0.2, -0.15) is 0 Å². The molecule has 2 N–H and O–H groups in total. The average Bonchev–Trinajstić information content (AvgIpc) is 2.47. The molecule has 122 valence electrons. The number of amides is 1. The number of benzene rings is 1. The quantitative estimate of drug-likeness (QED) is 0.932. The number of aromatic nitrogens is 2. The molecule has 0 aliphatic heterocycles. The molecule has 0 saturated heterocycles. The lowest BCUT2D eigenvalue weighted by atomic mass is 10.2. The molecule has 0 bridgehead atoms. The maximum atomic E-state index is 12.2. The van der Waals surface area contributed by atoms with Crippen molar-refractivity contribution in [3.8, 4) is 5.75 Å². The normalized spacial score (nSPS) is 11.1. The van der Waals surface area contributed by atoms with Crippen LogP contribution in [0.25, 0.3) is 0 Å². The Morgan fingerprint density at radius 3 is 2.39 bits per heavy atom. The SMILES string of the molecule is CN(Cc1ccc(OC(F)(F)F)cc1)C(=O)c1nccnc1N. The van der Waals surface area contributed by atoms with Crippen LogP contribution in [0.4, 0.5) is 19.0 Å². The summed E-state index contributed by atoms with van der Waals surface area (Å²) in [7, 11) is 1.52. The highest BCUT2D eigenvalue weighted by atomic mass is 19.4. The lowest BCUT2D eigenvalue weighted by Crippen LogP contribution is -2.28. The van der Waals surface area contributed by atoms with Crippen LogP contribution in [0, 0.1) is 0 Å². The first kappa shape index (κ1) is 16.5. The lowest BCUT2D eigenvalue weighted by Gasteiger charge is -2.17. The van der Waals surface area contributed by atoms with Crippen molar-refractivity contribution in [1.29, 1.82) is 0 Å². The Hall–Kier alpha value is -2.84. The predicted molar refractivity (Wildman–Crippen MR) is 75.4 cm³/mol. The largest absolute Gasteiger partial charge is 0.573 e. The van der Waals surface area contributed by atoms with Crippen LogP contribution in [0.1, 0.15) is 16.1 Å². The first-order valence-corrected chi connectivity index (χ1v) is 6.43. The maximum absolute atomic E-state index is 12.2. The number of hydrogen-bond donors (Lipinski definition) is 1. The van der Waals surface area contributed by atoms with Crippen LogP contribution in [0.3, 0.4) is 0 Å². The number of nitrogens with two attached hydrogens (primary N) is 1. The number of nitrogens with zero attached hydrogens (tertiary/aromatic N) is 3. The van der Waals surface area contributed by atoms with Crippen molar-refractivity contribution in [3.63, 3.8) is 0 Å². The van der Waals surface area contributed by atoms with Crippen molar-refractivity contribution in [1.82, 2.24) is 14.9 Å². The Morgan fingerprint density at radius 2 is 1.83 bits per heavy atom. The molecule has 0 saturated carbocycles. The summed E-state index contributed by atoms with van der Waals surface area (Å²) in [5, 5.41) is 0. The van der Waals surface area contributed by atoms with Gasteiger partial charge in [-0.15, -0.1) is 13.2 Å². The predicted octanol–water partition coefficient (Wildman–Crippen LogP) is 2.23. The van der Waals surface area contributed by atoms with E-state index >= 15 is 0 Å². The molecule has 1 aromatic carbocycles. The molecular formula is C14H13F3N4O2. The summed E-state index contributed by atoms with van der Waals surface area (Å²) >= 11 is 0. The molecule has 0 radical (unpaired) electrons. The molecule has 1 aromatic heterocycles. The van der Waals surface area contributed by atoms with Gasteiger partial charge in [-0.05, 0) is 17.7 Å². The summed E-state index contributed by atoms with van der Waals surface area (Å²) in [5.41, 5.74) is 6.23. The standard InChI is InChI=1S/C14H13F3N4O2/c1-21(13(22)11-12(18)20-7-6-19-11)8-9-2-4-10(5-3-9)23-14(15,16)17/h2-7H,8H2,1H3,(H2,18,20). The Bertz CT molecular complexity index is 689. The fraction of sp³-hybridized carbons (Fsp3) is 0.214. The highest BCUT2D eigenvalue weighted by Crippen LogP contribution is 2.23. The first-order chi connectivity index (χ1) is 10.8. The van der Waals surface area contributed by atoms with Crippen LogP contribution in [0.5, 0.6) is 5.75 Å². The first-order valence-electron chi connectivity index (χ1n) is 6.43. The van der Waals surface area contributed by atoms with E-state index in [1.165, 1.54) is 48.6 Å². The van der Waals surface area contributed by atoms with E-state index in [-0.39, 0.29) is 23.8 Å². The fourth-order valence-corrected chi connectivity index (χ4v) is 1.84. The van der Waals surface area contributed by atoms with Gasteiger partial charge in [0.05, 0.1) is 0 Å². The van der Waals surface area contributed by atoms with E-state index in [9.17, 15) is 18.0 Å². The van der Waals surface area contributed by atoms with E-state index in [4.69, 9.17) is 5.73 Å². The molecule has 23 heavy (non-hydrogen) atoms. The number of carbonyl (C=O) groups excluding carboxylic acids is 1. The Morgan fingerprint density at radius 1 is 1.22 bits per heavy atom. The molecule has 6 nitrogen and oxygen atoms in total. The number of anilines is 1. The topological polar surface area (TPSA) is 81.3 Å². The average molecular weight is 326 g/mol. The summed E-state index contributed by atoms with van der Waals surface area (Å²) in [4.78, 5) is 21.2. The van der Waals surface area contributed by atoms with Crippen LogP contribution in [0.15, 0.2) is 36.7 Å². The molecule has 9 heteroatoms. The van der Waals surface area contributed by atoms with Gasteiger partial charge in [0.25, 0.3) is 5.91 Å². The van der Waals surface area contributed by atoms with Gasteiger partial charge < -0.3 is 15.4 Å². The zero-order valence-corrected chi connectivity index (χ0v) is 12.0. The van der Waals surface area contributed by atoms with Crippen molar-refractivity contribution in [2.45, 2.75) is 12.9 Å². The highest BCUT2D eigenvalue weighted by molar-refractivity contribution is 5.96. The van der Waals surface area contributed by atoms with Crippen molar-refractivity contribution in [2.24, 2.45) is 0 Å². The number of nitrogen functional groups attached to an aromatic ring is 1. The second-order valence-electron chi connectivity index (χ2n) is 4.64. The summed E-state index contributed by atoms with van der Waals surface area (Å²) in [5.74, 6) is -0.752. The minimum Gasteiger partial charge on any atom is -0.406 e. The Balaban J connectivity index is 2.04. The number of carbonyl (C=O) groups is 1. The van der Waals surface area contributed by atoms with E-state index in [0.29, 0.717) is 5.56 Å². The minimum absolute atomic E-state index is 0.0123. The number of halogens is 3. The number of hydrogen-bond acceptors (Lipinski definition) is 5. The maximum Gasteiger partial charge on any atom is 0.573 e. The number of ether oxygens (including phenoxy) is 1. The van der Waals surface area contributed by atoms with Gasteiger partial charge in [-0.1, -0.05) is 12.1 Å².